The van der Waals surface area contributed by atoms with Crippen molar-refractivity contribution in [2.45, 2.75) is 39.0 Å². The highest BCUT2D eigenvalue weighted by Gasteiger charge is 2.33. The smallest absolute Gasteiger partial charge is 0.261 e. The highest BCUT2D eigenvalue weighted by molar-refractivity contribution is 6.08. The van der Waals surface area contributed by atoms with Gasteiger partial charge in [0.05, 0.1) is 5.69 Å². The van der Waals surface area contributed by atoms with Gasteiger partial charge < -0.3 is 10.2 Å². The van der Waals surface area contributed by atoms with Gasteiger partial charge in [0.25, 0.3) is 5.91 Å². The first-order valence-corrected chi connectivity index (χ1v) is 8.70. The number of amides is 1. The summed E-state index contributed by atoms with van der Waals surface area (Å²) >= 11 is 0. The van der Waals surface area contributed by atoms with Crippen LogP contribution in [0.5, 0.6) is 0 Å². The number of para-hydroxylation sites is 1. The highest BCUT2D eigenvalue weighted by Crippen LogP contribution is 2.31. The number of aromatic nitrogens is 2. The number of alkyl halides is 2. The van der Waals surface area contributed by atoms with Crippen molar-refractivity contribution in [2.75, 3.05) is 23.3 Å². The molecule has 0 radical (unpaired) electrons. The summed E-state index contributed by atoms with van der Waals surface area (Å²) in [4.78, 5) is 23.4. The first-order chi connectivity index (χ1) is 12.4. The van der Waals surface area contributed by atoms with Crippen LogP contribution in [-0.4, -0.2) is 34.9 Å². The predicted molar refractivity (Wildman–Crippen MR) is 96.9 cm³/mol. The minimum Gasteiger partial charge on any atom is -0.356 e. The van der Waals surface area contributed by atoms with Gasteiger partial charge in [0.15, 0.2) is 0 Å². The van der Waals surface area contributed by atoms with Gasteiger partial charge in [0.2, 0.25) is 5.92 Å². The lowest BCUT2D eigenvalue weighted by molar-refractivity contribution is -0.0102. The number of anilines is 2. The molecule has 2 heterocycles. The van der Waals surface area contributed by atoms with Gasteiger partial charge >= 0.3 is 0 Å². The quantitative estimate of drug-likeness (QED) is 0.900. The molecule has 0 spiro atoms. The van der Waals surface area contributed by atoms with Crippen LogP contribution in [0.3, 0.4) is 0 Å². The van der Waals surface area contributed by atoms with E-state index in [9.17, 15) is 13.6 Å². The van der Waals surface area contributed by atoms with E-state index in [-0.39, 0.29) is 25.3 Å². The second kappa shape index (κ2) is 7.35. The van der Waals surface area contributed by atoms with Crippen LogP contribution in [0.15, 0.2) is 30.3 Å². The lowest BCUT2D eigenvalue weighted by atomic mass is 10.1. The summed E-state index contributed by atoms with van der Waals surface area (Å²) in [6, 6.07) is 9.08. The molecule has 5 nitrogen and oxygen atoms in total. The molecule has 0 atom stereocenters. The molecule has 1 aromatic carbocycles. The molecule has 0 aliphatic carbocycles. The Bertz CT molecular complexity index is 796. The second-order valence-electron chi connectivity index (χ2n) is 6.57. The molecular formula is C19H22F2N4O. The van der Waals surface area contributed by atoms with Crippen LogP contribution < -0.4 is 10.2 Å². The standard InChI is InChI=1S/C19H22F2N4O/c1-13-16(18(26)24-15-7-4-3-5-8-15)17(23-14(2)22-13)25-11-6-9-19(20,21)10-12-25/h3-5,7-8H,6,9-12H2,1-2H3,(H,24,26). The van der Waals surface area contributed by atoms with Crippen molar-refractivity contribution < 1.29 is 13.6 Å². The number of benzene rings is 1. The number of carbonyl (C=O) groups is 1. The van der Waals surface area contributed by atoms with Crippen LogP contribution in [0.1, 0.15) is 41.1 Å². The molecule has 26 heavy (non-hydrogen) atoms. The van der Waals surface area contributed by atoms with E-state index in [4.69, 9.17) is 0 Å². The Hall–Kier alpha value is -2.57. The van der Waals surface area contributed by atoms with E-state index in [1.807, 2.05) is 18.2 Å². The number of nitrogens with zero attached hydrogens (tertiary/aromatic N) is 3. The summed E-state index contributed by atoms with van der Waals surface area (Å²) in [5, 5.41) is 2.84. The zero-order valence-electron chi connectivity index (χ0n) is 14.9. The van der Waals surface area contributed by atoms with E-state index in [0.29, 0.717) is 41.6 Å². The van der Waals surface area contributed by atoms with E-state index in [0.717, 1.165) is 0 Å². The molecule has 1 fully saturated rings. The van der Waals surface area contributed by atoms with Crippen molar-refractivity contribution in [3.8, 4) is 0 Å². The van der Waals surface area contributed by atoms with Crippen LogP contribution in [-0.2, 0) is 0 Å². The molecule has 0 unspecified atom stereocenters. The maximum Gasteiger partial charge on any atom is 0.261 e. The van der Waals surface area contributed by atoms with Crippen LogP contribution in [0.25, 0.3) is 0 Å². The van der Waals surface area contributed by atoms with Crippen LogP contribution in [0.4, 0.5) is 20.3 Å². The van der Waals surface area contributed by atoms with E-state index in [1.54, 1.807) is 30.9 Å². The Kier molecular flexibility index (Phi) is 5.15. The molecule has 0 saturated carbocycles. The van der Waals surface area contributed by atoms with E-state index in [2.05, 4.69) is 15.3 Å². The SMILES string of the molecule is Cc1nc(C)c(C(=O)Nc2ccccc2)c(N2CCCC(F)(F)CC2)n1. The minimum atomic E-state index is -2.67. The van der Waals surface area contributed by atoms with Crippen LogP contribution in [0, 0.1) is 13.8 Å². The van der Waals surface area contributed by atoms with Crippen LogP contribution in [0.2, 0.25) is 0 Å². The molecule has 1 N–H and O–H groups in total. The van der Waals surface area contributed by atoms with Crippen molar-refractivity contribution in [3.05, 3.63) is 47.4 Å². The van der Waals surface area contributed by atoms with Gasteiger partial charge in [-0.1, -0.05) is 18.2 Å². The average molecular weight is 360 g/mol. The lowest BCUT2D eigenvalue weighted by Crippen LogP contribution is -2.30. The molecule has 1 aliphatic rings. The fourth-order valence-electron chi connectivity index (χ4n) is 3.18. The molecule has 0 bridgehead atoms. The van der Waals surface area contributed by atoms with Crippen molar-refractivity contribution in [1.82, 2.24) is 9.97 Å². The molecule has 1 aliphatic heterocycles. The summed E-state index contributed by atoms with van der Waals surface area (Å²) in [5.41, 5.74) is 1.53. The zero-order valence-corrected chi connectivity index (χ0v) is 14.9. The van der Waals surface area contributed by atoms with E-state index >= 15 is 0 Å². The molecule has 1 aromatic heterocycles. The summed E-state index contributed by atoms with van der Waals surface area (Å²) in [7, 11) is 0. The van der Waals surface area contributed by atoms with Crippen molar-refractivity contribution in [1.29, 1.82) is 0 Å². The minimum absolute atomic E-state index is 0.141. The molecule has 7 heteroatoms. The topological polar surface area (TPSA) is 58.1 Å². The molecule has 1 saturated heterocycles. The molecule has 1 amide bonds. The van der Waals surface area contributed by atoms with E-state index in [1.165, 1.54) is 0 Å². The van der Waals surface area contributed by atoms with Crippen LogP contribution >= 0.6 is 0 Å². The average Bonchev–Trinajstić information content (AvgIpc) is 2.75. The number of aryl methyl sites for hydroxylation is 2. The highest BCUT2D eigenvalue weighted by atomic mass is 19.3. The maximum atomic E-state index is 13.7. The maximum absolute atomic E-state index is 13.7. The number of rotatable bonds is 3. The third-order valence-electron chi connectivity index (χ3n) is 4.46. The van der Waals surface area contributed by atoms with E-state index < -0.39 is 5.92 Å². The Morgan fingerprint density at radius 3 is 2.58 bits per heavy atom. The number of carbonyl (C=O) groups excluding carboxylic acids is 1. The largest absolute Gasteiger partial charge is 0.356 e. The van der Waals surface area contributed by atoms with Gasteiger partial charge in [-0.15, -0.1) is 0 Å². The van der Waals surface area contributed by atoms with Gasteiger partial charge in [0, 0.05) is 31.6 Å². The van der Waals surface area contributed by atoms with Crippen molar-refractivity contribution >= 4 is 17.4 Å². The summed E-state index contributed by atoms with van der Waals surface area (Å²) < 4.78 is 27.4. The molecule has 2 aromatic rings. The predicted octanol–water partition coefficient (Wildman–Crippen LogP) is 3.97. The second-order valence-corrected chi connectivity index (χ2v) is 6.57. The lowest BCUT2D eigenvalue weighted by Gasteiger charge is -2.25. The summed E-state index contributed by atoms with van der Waals surface area (Å²) in [6.07, 6.45) is -0.0260. The fraction of sp³-hybridized carbons (Fsp3) is 0.421. The Morgan fingerprint density at radius 1 is 1.12 bits per heavy atom. The molecular weight excluding hydrogens is 338 g/mol. The third kappa shape index (κ3) is 4.15. The fourth-order valence-corrected chi connectivity index (χ4v) is 3.18. The molecule has 3 rings (SSSR count). The monoisotopic (exact) mass is 360 g/mol. The van der Waals surface area contributed by atoms with Gasteiger partial charge in [-0.25, -0.2) is 18.7 Å². The Morgan fingerprint density at radius 2 is 1.85 bits per heavy atom. The van der Waals surface area contributed by atoms with Crippen molar-refractivity contribution in [3.63, 3.8) is 0 Å². The first kappa shape index (κ1) is 18.2. The third-order valence-corrected chi connectivity index (χ3v) is 4.46. The first-order valence-electron chi connectivity index (χ1n) is 8.70. The number of hydrogen-bond acceptors (Lipinski definition) is 4. The number of nitrogens with one attached hydrogen (secondary N) is 1. The van der Waals surface area contributed by atoms with Gasteiger partial charge in [-0.2, -0.15) is 0 Å². The van der Waals surface area contributed by atoms with Crippen molar-refractivity contribution in [2.24, 2.45) is 0 Å². The number of halogens is 2. The molecule has 138 valence electrons. The summed E-state index contributed by atoms with van der Waals surface area (Å²) in [5.74, 6) is -2.05. The summed E-state index contributed by atoms with van der Waals surface area (Å²) in [6.45, 7) is 4.08. The van der Waals surface area contributed by atoms with Gasteiger partial charge in [-0.3, -0.25) is 4.79 Å². The Labute approximate surface area is 151 Å². The Balaban J connectivity index is 1.93. The zero-order chi connectivity index (χ0) is 18.7. The van der Waals surface area contributed by atoms with Gasteiger partial charge in [0.1, 0.15) is 17.2 Å². The normalized spacial score (nSPS) is 16.8. The number of hydrogen-bond donors (Lipinski definition) is 1. The van der Waals surface area contributed by atoms with Gasteiger partial charge in [-0.05, 0) is 32.4 Å².